The standard InChI is InChI=1S/C17H30O5/c1-3-11-16(19)21-13-10-8-6-4-5-7-9-12-17(20)22-14-15(2)18/h9,12,15,18H,3-8,10-11,13-14H2,1-2H3/b12-9+. The van der Waals surface area contributed by atoms with Crippen LogP contribution in [0, 0.1) is 0 Å². The zero-order valence-electron chi connectivity index (χ0n) is 13.9. The first-order valence-electron chi connectivity index (χ1n) is 8.23. The van der Waals surface area contributed by atoms with Crippen LogP contribution in [0.5, 0.6) is 0 Å². The Labute approximate surface area is 133 Å². The maximum Gasteiger partial charge on any atom is 0.330 e. The summed E-state index contributed by atoms with van der Waals surface area (Å²) in [4.78, 5) is 22.3. The van der Waals surface area contributed by atoms with Crippen LogP contribution in [0.15, 0.2) is 12.2 Å². The van der Waals surface area contributed by atoms with Crippen LogP contribution >= 0.6 is 0 Å². The molecule has 0 saturated heterocycles. The maximum absolute atomic E-state index is 11.2. The molecule has 0 spiro atoms. The highest BCUT2D eigenvalue weighted by Crippen LogP contribution is 2.06. The molecule has 5 nitrogen and oxygen atoms in total. The fraction of sp³-hybridized carbons (Fsp3) is 0.765. The fourth-order valence-electron chi connectivity index (χ4n) is 1.79. The van der Waals surface area contributed by atoms with Crippen LogP contribution in [-0.4, -0.2) is 36.4 Å². The first-order valence-corrected chi connectivity index (χ1v) is 8.23. The van der Waals surface area contributed by atoms with E-state index in [9.17, 15) is 9.59 Å². The minimum atomic E-state index is -0.626. The van der Waals surface area contributed by atoms with E-state index in [2.05, 4.69) is 0 Å². The SMILES string of the molecule is CCCC(=O)OCCCCCCC/C=C/C(=O)OCC(C)O. The molecule has 0 bridgehead atoms. The first-order chi connectivity index (χ1) is 10.6. The Morgan fingerprint density at radius 1 is 1.09 bits per heavy atom. The minimum Gasteiger partial charge on any atom is -0.466 e. The van der Waals surface area contributed by atoms with Gasteiger partial charge in [-0.3, -0.25) is 4.79 Å². The van der Waals surface area contributed by atoms with E-state index in [0.29, 0.717) is 13.0 Å². The zero-order valence-corrected chi connectivity index (χ0v) is 13.9. The predicted molar refractivity (Wildman–Crippen MR) is 85.3 cm³/mol. The Morgan fingerprint density at radius 3 is 2.45 bits per heavy atom. The van der Waals surface area contributed by atoms with Gasteiger partial charge in [0.25, 0.3) is 0 Å². The van der Waals surface area contributed by atoms with Crippen molar-refractivity contribution in [3.63, 3.8) is 0 Å². The average molecular weight is 314 g/mol. The molecule has 0 amide bonds. The van der Waals surface area contributed by atoms with Crippen molar-refractivity contribution in [1.29, 1.82) is 0 Å². The Hall–Kier alpha value is -1.36. The summed E-state index contributed by atoms with van der Waals surface area (Å²) >= 11 is 0. The summed E-state index contributed by atoms with van der Waals surface area (Å²) in [6.45, 7) is 4.09. The van der Waals surface area contributed by atoms with Crippen molar-refractivity contribution in [3.8, 4) is 0 Å². The molecule has 1 unspecified atom stereocenters. The fourth-order valence-corrected chi connectivity index (χ4v) is 1.79. The highest BCUT2D eigenvalue weighted by Gasteiger charge is 2.00. The molecule has 1 N–H and O–H groups in total. The lowest BCUT2D eigenvalue weighted by Gasteiger charge is -2.04. The Bertz CT molecular complexity index is 323. The molecule has 0 fully saturated rings. The number of carbonyl (C=O) groups is 2. The molecule has 0 rings (SSSR count). The van der Waals surface area contributed by atoms with Crippen LogP contribution < -0.4 is 0 Å². The first kappa shape index (κ1) is 20.6. The third-order valence-corrected chi connectivity index (χ3v) is 2.95. The van der Waals surface area contributed by atoms with E-state index in [-0.39, 0.29) is 12.6 Å². The number of allylic oxidation sites excluding steroid dienone is 1. The van der Waals surface area contributed by atoms with Crippen LogP contribution in [0.4, 0.5) is 0 Å². The van der Waals surface area contributed by atoms with E-state index in [1.165, 1.54) is 6.08 Å². The third kappa shape index (κ3) is 15.0. The second-order valence-electron chi connectivity index (χ2n) is 5.41. The molecule has 0 radical (unpaired) electrons. The second kappa shape index (κ2) is 14.6. The van der Waals surface area contributed by atoms with Gasteiger partial charge < -0.3 is 14.6 Å². The second-order valence-corrected chi connectivity index (χ2v) is 5.41. The predicted octanol–water partition coefficient (Wildman–Crippen LogP) is 3.15. The molecule has 0 saturated carbocycles. The number of hydrogen-bond donors (Lipinski definition) is 1. The largest absolute Gasteiger partial charge is 0.466 e. The Balaban J connectivity index is 3.32. The topological polar surface area (TPSA) is 72.8 Å². The van der Waals surface area contributed by atoms with Crippen molar-refractivity contribution in [1.82, 2.24) is 0 Å². The lowest BCUT2D eigenvalue weighted by Crippen LogP contribution is -2.13. The van der Waals surface area contributed by atoms with Gasteiger partial charge in [-0.25, -0.2) is 4.79 Å². The molecule has 1 atom stereocenters. The van der Waals surface area contributed by atoms with E-state index < -0.39 is 12.1 Å². The van der Waals surface area contributed by atoms with E-state index in [1.807, 2.05) is 6.92 Å². The molecule has 0 heterocycles. The van der Waals surface area contributed by atoms with Crippen LogP contribution in [-0.2, 0) is 19.1 Å². The quantitative estimate of drug-likeness (QED) is 0.321. The van der Waals surface area contributed by atoms with Crippen molar-refractivity contribution >= 4 is 11.9 Å². The van der Waals surface area contributed by atoms with Crippen molar-refractivity contribution < 1.29 is 24.2 Å². The van der Waals surface area contributed by atoms with Gasteiger partial charge in [0.15, 0.2) is 0 Å². The van der Waals surface area contributed by atoms with Crippen LogP contribution in [0.1, 0.15) is 65.2 Å². The van der Waals surface area contributed by atoms with E-state index in [4.69, 9.17) is 14.6 Å². The van der Waals surface area contributed by atoms with Crippen molar-refractivity contribution in [3.05, 3.63) is 12.2 Å². The van der Waals surface area contributed by atoms with Gasteiger partial charge in [0, 0.05) is 12.5 Å². The summed E-state index contributed by atoms with van der Waals surface area (Å²) in [5, 5.41) is 8.96. The van der Waals surface area contributed by atoms with Gasteiger partial charge >= 0.3 is 11.9 Å². The molecule has 0 aliphatic heterocycles. The molecule has 5 heteroatoms. The molecule has 22 heavy (non-hydrogen) atoms. The molecule has 0 aliphatic rings. The Morgan fingerprint density at radius 2 is 1.77 bits per heavy atom. The lowest BCUT2D eigenvalue weighted by atomic mass is 10.1. The van der Waals surface area contributed by atoms with Gasteiger partial charge in [-0.1, -0.05) is 32.3 Å². The summed E-state index contributed by atoms with van der Waals surface area (Å²) in [7, 11) is 0. The van der Waals surface area contributed by atoms with Crippen LogP contribution in [0.25, 0.3) is 0 Å². The number of unbranched alkanes of at least 4 members (excludes halogenated alkanes) is 5. The van der Waals surface area contributed by atoms with E-state index in [1.54, 1.807) is 13.0 Å². The van der Waals surface area contributed by atoms with Crippen molar-refractivity contribution in [2.75, 3.05) is 13.2 Å². The summed E-state index contributed by atoms with van der Waals surface area (Å²) in [6, 6.07) is 0. The summed E-state index contributed by atoms with van der Waals surface area (Å²) in [5.41, 5.74) is 0. The van der Waals surface area contributed by atoms with Gasteiger partial charge in [-0.15, -0.1) is 0 Å². The van der Waals surface area contributed by atoms with Crippen molar-refractivity contribution in [2.24, 2.45) is 0 Å². The molecule has 0 aromatic carbocycles. The number of hydrogen-bond acceptors (Lipinski definition) is 5. The molecule has 0 aromatic rings. The molecular formula is C17H30O5. The summed E-state index contributed by atoms with van der Waals surface area (Å²) < 4.78 is 9.87. The minimum absolute atomic E-state index is 0.0337. The van der Waals surface area contributed by atoms with Gasteiger partial charge in [0.05, 0.1) is 12.7 Å². The highest BCUT2D eigenvalue weighted by molar-refractivity contribution is 5.81. The van der Waals surface area contributed by atoms with Gasteiger partial charge in [0.1, 0.15) is 6.61 Å². The number of rotatable bonds is 13. The van der Waals surface area contributed by atoms with Crippen molar-refractivity contribution in [2.45, 2.75) is 71.3 Å². The number of esters is 2. The van der Waals surface area contributed by atoms with Gasteiger partial charge in [0.2, 0.25) is 0 Å². The monoisotopic (exact) mass is 314 g/mol. The van der Waals surface area contributed by atoms with Crippen LogP contribution in [0.2, 0.25) is 0 Å². The Kier molecular flexibility index (Phi) is 13.7. The number of ether oxygens (including phenoxy) is 2. The normalized spacial score (nSPS) is 12.3. The van der Waals surface area contributed by atoms with Gasteiger partial charge in [-0.2, -0.15) is 0 Å². The number of aliphatic hydroxyl groups is 1. The summed E-state index contributed by atoms with van der Waals surface area (Å²) in [6.07, 6.45) is 9.96. The smallest absolute Gasteiger partial charge is 0.330 e. The molecular weight excluding hydrogens is 284 g/mol. The third-order valence-electron chi connectivity index (χ3n) is 2.95. The van der Waals surface area contributed by atoms with Gasteiger partial charge in [-0.05, 0) is 32.6 Å². The molecule has 128 valence electrons. The molecule has 0 aliphatic carbocycles. The average Bonchev–Trinajstić information content (AvgIpc) is 2.47. The lowest BCUT2D eigenvalue weighted by molar-refractivity contribution is -0.144. The van der Waals surface area contributed by atoms with Crippen LogP contribution in [0.3, 0.4) is 0 Å². The summed E-state index contributed by atoms with van der Waals surface area (Å²) in [5.74, 6) is -0.509. The van der Waals surface area contributed by atoms with E-state index >= 15 is 0 Å². The highest BCUT2D eigenvalue weighted by atomic mass is 16.5. The number of aliphatic hydroxyl groups excluding tert-OH is 1. The van der Waals surface area contributed by atoms with E-state index in [0.717, 1.165) is 44.9 Å². The molecule has 0 aromatic heterocycles. The zero-order chi connectivity index (χ0) is 16.6. The maximum atomic E-state index is 11.2. The number of carbonyl (C=O) groups excluding carboxylic acids is 2.